The van der Waals surface area contributed by atoms with E-state index in [2.05, 4.69) is 20.8 Å². The SMILES string of the molecule is CC[C@H]1CC[C@H]2[C@@H]3CC(=O)[C@@]4(O)CCCC[C@]4(C)[C@H]3CC[C@]12C. The van der Waals surface area contributed by atoms with Crippen molar-refractivity contribution in [1.82, 2.24) is 0 Å². The predicted octanol–water partition coefficient (Wildman–Crippen LogP) is 4.74. The van der Waals surface area contributed by atoms with Gasteiger partial charge in [-0.15, -0.1) is 0 Å². The lowest BCUT2D eigenvalue weighted by Crippen LogP contribution is -2.65. The van der Waals surface area contributed by atoms with Crippen LogP contribution >= 0.6 is 0 Å². The second kappa shape index (κ2) is 5.07. The number of hydrogen-bond donors (Lipinski definition) is 1. The molecular formula is C21H34O2. The maximum Gasteiger partial charge on any atom is 0.165 e. The van der Waals surface area contributed by atoms with E-state index in [1.165, 1.54) is 38.5 Å². The summed E-state index contributed by atoms with van der Waals surface area (Å²) >= 11 is 0. The van der Waals surface area contributed by atoms with Crippen molar-refractivity contribution < 1.29 is 9.90 Å². The number of Topliss-reactive ketones (excluding diaryl/α,β-unsaturated/α-hetero) is 1. The number of hydrogen-bond acceptors (Lipinski definition) is 2. The Morgan fingerprint density at radius 2 is 1.78 bits per heavy atom. The number of rotatable bonds is 1. The summed E-state index contributed by atoms with van der Waals surface area (Å²) in [6.45, 7) is 7.12. The third kappa shape index (κ3) is 1.88. The molecule has 4 aliphatic rings. The van der Waals surface area contributed by atoms with Crippen LogP contribution in [-0.2, 0) is 4.79 Å². The fraction of sp³-hybridized carbons (Fsp3) is 0.952. The summed E-state index contributed by atoms with van der Waals surface area (Å²) in [5.74, 6) is 2.87. The molecule has 4 aliphatic carbocycles. The van der Waals surface area contributed by atoms with Crippen molar-refractivity contribution in [2.24, 2.45) is 34.5 Å². The first-order valence-corrected chi connectivity index (χ1v) is 10.1. The van der Waals surface area contributed by atoms with E-state index in [1.54, 1.807) is 0 Å². The quantitative estimate of drug-likeness (QED) is 0.758. The van der Waals surface area contributed by atoms with Crippen LogP contribution in [-0.4, -0.2) is 16.5 Å². The Bertz CT molecular complexity index is 514. The summed E-state index contributed by atoms with van der Waals surface area (Å²) in [5.41, 5.74) is -0.712. The standard InChI is InChI=1S/C21H34O2/c1-4-14-7-8-16-15-13-18(22)21(23)11-6-5-10-20(21,3)17(15)9-12-19(14,16)2/h14-17,23H,4-13H2,1-3H3/t14-,15-,16-,17-,19+,20+,21-/m0/s1. The molecule has 0 aromatic rings. The molecule has 23 heavy (non-hydrogen) atoms. The summed E-state index contributed by atoms with van der Waals surface area (Å²) < 4.78 is 0. The zero-order valence-electron chi connectivity index (χ0n) is 15.2. The smallest absolute Gasteiger partial charge is 0.165 e. The van der Waals surface area contributed by atoms with Crippen LogP contribution < -0.4 is 0 Å². The second-order valence-corrected chi connectivity index (χ2v) is 9.72. The summed E-state index contributed by atoms with van der Waals surface area (Å²) in [6, 6.07) is 0. The van der Waals surface area contributed by atoms with Crippen molar-refractivity contribution in [3.63, 3.8) is 0 Å². The molecule has 4 rings (SSSR count). The summed E-state index contributed by atoms with van der Waals surface area (Å²) in [4.78, 5) is 13.0. The van der Waals surface area contributed by atoms with Crippen LogP contribution in [0.4, 0.5) is 0 Å². The van der Waals surface area contributed by atoms with Gasteiger partial charge in [-0.05, 0) is 67.6 Å². The van der Waals surface area contributed by atoms with Crippen LogP contribution in [0.25, 0.3) is 0 Å². The van der Waals surface area contributed by atoms with Gasteiger partial charge in [0.05, 0.1) is 0 Å². The van der Waals surface area contributed by atoms with E-state index in [1.807, 2.05) is 0 Å². The van der Waals surface area contributed by atoms with Gasteiger partial charge in [0.2, 0.25) is 0 Å². The third-order valence-corrected chi connectivity index (χ3v) is 9.26. The van der Waals surface area contributed by atoms with Gasteiger partial charge >= 0.3 is 0 Å². The van der Waals surface area contributed by atoms with E-state index in [4.69, 9.17) is 0 Å². The van der Waals surface area contributed by atoms with Crippen molar-refractivity contribution >= 4 is 5.78 Å². The molecule has 0 unspecified atom stereocenters. The minimum atomic E-state index is -1.01. The fourth-order valence-electron chi connectivity index (χ4n) is 7.84. The molecule has 130 valence electrons. The average molecular weight is 319 g/mol. The Labute approximate surface area is 141 Å². The van der Waals surface area contributed by atoms with Crippen molar-refractivity contribution in [2.75, 3.05) is 0 Å². The van der Waals surface area contributed by atoms with Crippen LogP contribution in [0, 0.1) is 34.5 Å². The highest BCUT2D eigenvalue weighted by molar-refractivity contribution is 5.89. The van der Waals surface area contributed by atoms with Crippen LogP contribution in [0.1, 0.15) is 85.0 Å². The van der Waals surface area contributed by atoms with Gasteiger partial charge in [-0.25, -0.2) is 0 Å². The number of carbonyl (C=O) groups excluding carboxylic acids is 1. The molecule has 7 atom stereocenters. The van der Waals surface area contributed by atoms with Gasteiger partial charge < -0.3 is 5.11 Å². The van der Waals surface area contributed by atoms with Crippen molar-refractivity contribution in [3.8, 4) is 0 Å². The number of ketones is 1. The highest BCUT2D eigenvalue weighted by Crippen LogP contribution is 2.67. The zero-order valence-corrected chi connectivity index (χ0v) is 15.2. The highest BCUT2D eigenvalue weighted by Gasteiger charge is 2.66. The van der Waals surface area contributed by atoms with Crippen LogP contribution in [0.2, 0.25) is 0 Å². The van der Waals surface area contributed by atoms with E-state index >= 15 is 0 Å². The molecule has 0 aliphatic heterocycles. The fourth-order valence-corrected chi connectivity index (χ4v) is 7.84. The van der Waals surface area contributed by atoms with E-state index in [9.17, 15) is 9.90 Å². The van der Waals surface area contributed by atoms with Crippen LogP contribution in [0.5, 0.6) is 0 Å². The molecule has 4 fully saturated rings. The largest absolute Gasteiger partial charge is 0.381 e. The first-order valence-electron chi connectivity index (χ1n) is 10.1. The molecular weight excluding hydrogens is 284 g/mol. The van der Waals surface area contributed by atoms with Gasteiger partial charge in [0, 0.05) is 11.8 Å². The van der Waals surface area contributed by atoms with E-state index in [0.29, 0.717) is 30.1 Å². The number of aliphatic hydroxyl groups is 1. The van der Waals surface area contributed by atoms with Gasteiger partial charge in [-0.1, -0.05) is 40.0 Å². The molecule has 0 radical (unpaired) electrons. The van der Waals surface area contributed by atoms with Gasteiger partial charge in [0.25, 0.3) is 0 Å². The summed E-state index contributed by atoms with van der Waals surface area (Å²) in [6.07, 6.45) is 11.2. The minimum absolute atomic E-state index is 0.156. The van der Waals surface area contributed by atoms with Gasteiger partial charge in [0.15, 0.2) is 5.78 Å². The molecule has 0 saturated heterocycles. The average Bonchev–Trinajstić information content (AvgIpc) is 2.86. The lowest BCUT2D eigenvalue weighted by atomic mass is 9.43. The van der Waals surface area contributed by atoms with Crippen LogP contribution in [0.3, 0.4) is 0 Å². The summed E-state index contributed by atoms with van der Waals surface area (Å²) in [7, 11) is 0. The normalized spacial score (nSPS) is 55.9. The maximum absolute atomic E-state index is 13.0. The Balaban J connectivity index is 1.71. The Morgan fingerprint density at radius 1 is 1.04 bits per heavy atom. The Morgan fingerprint density at radius 3 is 2.52 bits per heavy atom. The molecule has 0 bridgehead atoms. The van der Waals surface area contributed by atoms with E-state index in [0.717, 1.165) is 24.7 Å². The first-order chi connectivity index (χ1) is 10.9. The Hall–Kier alpha value is -0.370. The topological polar surface area (TPSA) is 37.3 Å². The monoisotopic (exact) mass is 318 g/mol. The van der Waals surface area contributed by atoms with E-state index < -0.39 is 5.60 Å². The molecule has 0 amide bonds. The van der Waals surface area contributed by atoms with Crippen LogP contribution in [0.15, 0.2) is 0 Å². The van der Waals surface area contributed by atoms with Crippen molar-refractivity contribution in [3.05, 3.63) is 0 Å². The molecule has 0 aromatic heterocycles. The lowest BCUT2D eigenvalue weighted by molar-refractivity contribution is -0.202. The second-order valence-electron chi connectivity index (χ2n) is 9.72. The molecule has 0 heterocycles. The van der Waals surface area contributed by atoms with Gasteiger partial charge in [-0.3, -0.25) is 4.79 Å². The molecule has 2 heteroatoms. The molecule has 4 saturated carbocycles. The number of carbonyl (C=O) groups is 1. The van der Waals surface area contributed by atoms with Gasteiger partial charge in [-0.2, -0.15) is 0 Å². The predicted molar refractivity (Wildman–Crippen MR) is 92.0 cm³/mol. The first kappa shape index (κ1) is 16.1. The van der Waals surface area contributed by atoms with Crippen molar-refractivity contribution in [1.29, 1.82) is 0 Å². The molecule has 1 N–H and O–H groups in total. The minimum Gasteiger partial charge on any atom is -0.381 e. The lowest BCUT2D eigenvalue weighted by Gasteiger charge is -2.62. The highest BCUT2D eigenvalue weighted by atomic mass is 16.3. The summed E-state index contributed by atoms with van der Waals surface area (Å²) in [5, 5.41) is 11.3. The van der Waals surface area contributed by atoms with Crippen molar-refractivity contribution in [2.45, 2.75) is 90.6 Å². The zero-order chi connectivity index (χ0) is 16.5. The van der Waals surface area contributed by atoms with Gasteiger partial charge in [0.1, 0.15) is 5.60 Å². The maximum atomic E-state index is 13.0. The molecule has 0 spiro atoms. The number of fused-ring (bicyclic) bond motifs is 5. The van der Waals surface area contributed by atoms with E-state index in [-0.39, 0.29) is 11.2 Å². The Kier molecular flexibility index (Phi) is 3.55. The third-order valence-electron chi connectivity index (χ3n) is 9.26. The molecule has 2 nitrogen and oxygen atoms in total. The molecule has 0 aromatic carbocycles.